The van der Waals surface area contributed by atoms with Crippen molar-refractivity contribution >= 4 is 35.0 Å². The number of benzene rings is 1. The van der Waals surface area contributed by atoms with E-state index in [1.54, 1.807) is 42.9 Å². The Balaban J connectivity index is 1.35. The number of carbonyl (C=O) groups is 2. The highest BCUT2D eigenvalue weighted by Crippen LogP contribution is 2.58. The van der Waals surface area contributed by atoms with Gasteiger partial charge in [-0.15, -0.1) is 0 Å². The van der Waals surface area contributed by atoms with Gasteiger partial charge in [0.05, 0.1) is 21.4 Å². The molecular formula is C30H30Cl2N6O2. The van der Waals surface area contributed by atoms with Crippen LogP contribution in [0.3, 0.4) is 0 Å². The minimum atomic E-state index is -0.820. The van der Waals surface area contributed by atoms with E-state index in [2.05, 4.69) is 35.2 Å². The lowest BCUT2D eigenvalue weighted by Gasteiger charge is -2.52. The molecule has 3 N–H and O–H groups in total. The van der Waals surface area contributed by atoms with Crippen LogP contribution in [0.4, 0.5) is 0 Å². The van der Waals surface area contributed by atoms with E-state index in [0.29, 0.717) is 15.7 Å². The van der Waals surface area contributed by atoms with Gasteiger partial charge in [0.15, 0.2) is 0 Å². The molecule has 0 saturated heterocycles. The number of hydrogen-bond donors (Lipinski definition) is 2. The molecule has 206 valence electrons. The Morgan fingerprint density at radius 2 is 1.93 bits per heavy atom. The molecule has 8 nitrogen and oxygen atoms in total. The van der Waals surface area contributed by atoms with Gasteiger partial charge in [0.25, 0.3) is 0 Å². The van der Waals surface area contributed by atoms with Crippen LogP contribution in [-0.4, -0.2) is 37.6 Å². The van der Waals surface area contributed by atoms with E-state index in [1.807, 2.05) is 28.9 Å². The Bertz CT molecular complexity index is 1520. The quantitative estimate of drug-likeness (QED) is 0.278. The fourth-order valence-electron chi connectivity index (χ4n) is 5.41. The molecule has 1 aliphatic rings. The van der Waals surface area contributed by atoms with Crippen molar-refractivity contribution in [1.82, 2.24) is 25.1 Å². The lowest BCUT2D eigenvalue weighted by Crippen LogP contribution is -2.50. The lowest BCUT2D eigenvalue weighted by molar-refractivity contribution is -0.130. The van der Waals surface area contributed by atoms with Gasteiger partial charge in [0.2, 0.25) is 11.8 Å². The van der Waals surface area contributed by atoms with E-state index in [4.69, 9.17) is 34.0 Å². The van der Waals surface area contributed by atoms with Gasteiger partial charge in [-0.2, -0.15) is 5.10 Å². The highest BCUT2D eigenvalue weighted by atomic mass is 35.5. The number of nitrogens with one attached hydrogen (secondary N) is 1. The zero-order valence-electron chi connectivity index (χ0n) is 22.2. The average molecular weight is 578 g/mol. The molecule has 0 radical (unpaired) electrons. The SMILES string of the molecule is CC1(C)[C@@H](CC(=O)N[C@@H](Cc2ccccn2)C(N)=O)C[C@@H]1c1cc(-c2cccnc2)nn1-c1ccc(Cl)c(Cl)c1. The van der Waals surface area contributed by atoms with Gasteiger partial charge in [0.1, 0.15) is 6.04 Å². The maximum absolute atomic E-state index is 13.0. The molecule has 3 aromatic heterocycles. The summed E-state index contributed by atoms with van der Waals surface area (Å²) < 4.78 is 1.91. The molecular weight excluding hydrogens is 547 g/mol. The lowest BCUT2D eigenvalue weighted by atomic mass is 9.52. The third-order valence-corrected chi connectivity index (χ3v) is 8.66. The molecule has 1 aromatic carbocycles. The molecule has 1 aliphatic carbocycles. The molecule has 10 heteroatoms. The van der Waals surface area contributed by atoms with E-state index in [9.17, 15) is 9.59 Å². The summed E-state index contributed by atoms with van der Waals surface area (Å²) in [4.78, 5) is 33.6. The number of halogens is 2. The normalized spacial score (nSPS) is 18.5. The Hall–Kier alpha value is -3.75. The zero-order chi connectivity index (χ0) is 28.4. The second kappa shape index (κ2) is 11.4. The number of aromatic nitrogens is 4. The van der Waals surface area contributed by atoms with Crippen LogP contribution in [-0.2, 0) is 16.0 Å². The molecule has 0 spiro atoms. The Kier molecular flexibility index (Phi) is 7.92. The van der Waals surface area contributed by atoms with Crippen LogP contribution < -0.4 is 11.1 Å². The van der Waals surface area contributed by atoms with Gasteiger partial charge in [-0.1, -0.05) is 43.1 Å². The Morgan fingerprint density at radius 3 is 2.58 bits per heavy atom. The minimum Gasteiger partial charge on any atom is -0.368 e. The molecule has 3 heterocycles. The number of hydrogen-bond acceptors (Lipinski definition) is 5. The summed E-state index contributed by atoms with van der Waals surface area (Å²) in [5.74, 6) is -0.568. The molecule has 5 rings (SSSR count). The van der Waals surface area contributed by atoms with Gasteiger partial charge in [0, 0.05) is 54.3 Å². The number of amides is 2. The highest BCUT2D eigenvalue weighted by molar-refractivity contribution is 6.42. The summed E-state index contributed by atoms with van der Waals surface area (Å²) in [6.45, 7) is 4.32. The number of nitrogens with two attached hydrogens (primary N) is 1. The van der Waals surface area contributed by atoms with Crippen molar-refractivity contribution in [2.75, 3.05) is 0 Å². The van der Waals surface area contributed by atoms with Crippen LogP contribution in [0.5, 0.6) is 0 Å². The third kappa shape index (κ3) is 5.74. The van der Waals surface area contributed by atoms with E-state index in [-0.39, 0.29) is 36.0 Å². The number of nitrogens with zero attached hydrogens (tertiary/aromatic N) is 4. The largest absolute Gasteiger partial charge is 0.368 e. The van der Waals surface area contributed by atoms with Gasteiger partial charge in [-0.25, -0.2) is 4.68 Å². The summed E-state index contributed by atoms with van der Waals surface area (Å²) in [5, 5.41) is 8.65. The van der Waals surface area contributed by atoms with Crippen LogP contribution >= 0.6 is 23.2 Å². The van der Waals surface area contributed by atoms with Crippen LogP contribution in [0.1, 0.15) is 44.0 Å². The van der Waals surface area contributed by atoms with Crippen molar-refractivity contribution in [2.45, 2.75) is 45.1 Å². The molecule has 1 saturated carbocycles. The second-order valence-corrected chi connectivity index (χ2v) is 11.6. The third-order valence-electron chi connectivity index (χ3n) is 7.92. The standard InChI is InChI=1S/C30H30Cl2N6O2/c1-30(2)19(13-28(39)36-26(29(33)40)14-20-7-3-4-11-35-20)12-22(30)27-16-25(18-6-5-10-34-17-18)37-38(27)21-8-9-23(31)24(32)15-21/h3-11,15-17,19,22,26H,12-14H2,1-2H3,(H2,33,40)(H,36,39)/t19-,22-,26+/m1/s1. The van der Waals surface area contributed by atoms with Crippen LogP contribution in [0, 0.1) is 11.3 Å². The summed E-state index contributed by atoms with van der Waals surface area (Å²) in [6, 6.07) is 16.0. The fraction of sp³-hybridized carbons (Fsp3) is 0.300. The van der Waals surface area contributed by atoms with Gasteiger partial charge < -0.3 is 11.1 Å². The van der Waals surface area contributed by atoms with Crippen molar-refractivity contribution in [1.29, 1.82) is 0 Å². The van der Waals surface area contributed by atoms with Crippen LogP contribution in [0.25, 0.3) is 16.9 Å². The minimum absolute atomic E-state index is 0.0971. The maximum Gasteiger partial charge on any atom is 0.240 e. The van der Waals surface area contributed by atoms with Crippen molar-refractivity contribution in [3.63, 3.8) is 0 Å². The molecule has 0 bridgehead atoms. The maximum atomic E-state index is 13.0. The summed E-state index contributed by atoms with van der Waals surface area (Å²) in [7, 11) is 0. The summed E-state index contributed by atoms with van der Waals surface area (Å²) >= 11 is 12.5. The molecule has 4 aromatic rings. The van der Waals surface area contributed by atoms with Crippen LogP contribution in [0.2, 0.25) is 10.0 Å². The summed E-state index contributed by atoms with van der Waals surface area (Å²) in [5.41, 5.74) is 9.58. The predicted molar refractivity (Wildman–Crippen MR) is 155 cm³/mol. The van der Waals surface area contributed by atoms with Crippen molar-refractivity contribution < 1.29 is 9.59 Å². The van der Waals surface area contributed by atoms with Crippen molar-refractivity contribution in [3.8, 4) is 16.9 Å². The second-order valence-electron chi connectivity index (χ2n) is 10.8. The average Bonchev–Trinajstić information content (AvgIpc) is 3.37. The molecule has 40 heavy (non-hydrogen) atoms. The molecule has 2 amide bonds. The number of primary amides is 1. The van der Waals surface area contributed by atoms with E-state index >= 15 is 0 Å². The Morgan fingerprint density at radius 1 is 1.10 bits per heavy atom. The fourth-order valence-corrected chi connectivity index (χ4v) is 5.71. The van der Waals surface area contributed by atoms with E-state index < -0.39 is 11.9 Å². The van der Waals surface area contributed by atoms with Gasteiger partial charge >= 0.3 is 0 Å². The van der Waals surface area contributed by atoms with Gasteiger partial charge in [-0.3, -0.25) is 19.6 Å². The molecule has 0 unspecified atom stereocenters. The Labute approximate surface area is 242 Å². The smallest absolute Gasteiger partial charge is 0.240 e. The van der Waals surface area contributed by atoms with Crippen molar-refractivity contribution in [3.05, 3.63) is 94.6 Å². The topological polar surface area (TPSA) is 116 Å². The first kappa shape index (κ1) is 27.8. The molecule has 0 aliphatic heterocycles. The first-order chi connectivity index (χ1) is 19.1. The monoisotopic (exact) mass is 576 g/mol. The zero-order valence-corrected chi connectivity index (χ0v) is 23.7. The van der Waals surface area contributed by atoms with Crippen molar-refractivity contribution in [2.24, 2.45) is 17.1 Å². The number of rotatable bonds is 9. The van der Waals surface area contributed by atoms with Crippen LogP contribution in [0.15, 0.2) is 73.2 Å². The van der Waals surface area contributed by atoms with E-state index in [0.717, 1.165) is 29.1 Å². The number of pyridine rings is 2. The van der Waals surface area contributed by atoms with E-state index in [1.165, 1.54) is 0 Å². The molecule has 1 fully saturated rings. The first-order valence-corrected chi connectivity index (χ1v) is 13.8. The first-order valence-electron chi connectivity index (χ1n) is 13.1. The number of carbonyl (C=O) groups excluding carboxylic acids is 2. The predicted octanol–water partition coefficient (Wildman–Crippen LogP) is 5.37. The van der Waals surface area contributed by atoms with Gasteiger partial charge in [-0.05, 0) is 66.3 Å². The summed E-state index contributed by atoms with van der Waals surface area (Å²) in [6.07, 6.45) is 6.47. The molecule has 3 atom stereocenters. The highest BCUT2D eigenvalue weighted by Gasteiger charge is 2.50.